The third-order valence-corrected chi connectivity index (χ3v) is 3.39. The summed E-state index contributed by atoms with van der Waals surface area (Å²) in [6.45, 7) is 4.73. The number of nitrogens with two attached hydrogens (primary N) is 1. The second kappa shape index (κ2) is 5.36. The maximum absolute atomic E-state index is 5.60. The van der Waals surface area contributed by atoms with Gasteiger partial charge in [-0.25, -0.2) is 4.98 Å². The first-order chi connectivity index (χ1) is 8.99. The molecule has 19 heavy (non-hydrogen) atoms. The number of aromatic nitrogens is 3. The molecule has 2 rings (SSSR count). The van der Waals surface area contributed by atoms with Crippen LogP contribution < -0.4 is 11.1 Å². The molecule has 100 valence electrons. The maximum Gasteiger partial charge on any atom is 0.126 e. The van der Waals surface area contributed by atoms with Gasteiger partial charge in [-0.15, -0.1) is 0 Å². The molecule has 5 nitrogen and oxygen atoms in total. The Morgan fingerprint density at radius 3 is 2.79 bits per heavy atom. The van der Waals surface area contributed by atoms with E-state index in [0.717, 1.165) is 22.8 Å². The van der Waals surface area contributed by atoms with Crippen molar-refractivity contribution < 1.29 is 0 Å². The lowest BCUT2D eigenvalue weighted by atomic mass is 10.2. The van der Waals surface area contributed by atoms with Gasteiger partial charge >= 0.3 is 0 Å². The van der Waals surface area contributed by atoms with E-state index in [1.54, 1.807) is 12.3 Å². The molecule has 0 aliphatic carbocycles. The molecule has 0 atom stereocenters. The summed E-state index contributed by atoms with van der Waals surface area (Å²) in [7, 11) is 1.94. The summed E-state index contributed by atoms with van der Waals surface area (Å²) >= 11 is 4.95. The number of anilines is 1. The third kappa shape index (κ3) is 2.90. The van der Waals surface area contributed by atoms with Gasteiger partial charge < -0.3 is 11.1 Å². The Kier molecular flexibility index (Phi) is 3.80. The quantitative estimate of drug-likeness (QED) is 0.831. The fourth-order valence-electron chi connectivity index (χ4n) is 1.93. The monoisotopic (exact) mass is 275 g/mol. The molecule has 3 N–H and O–H groups in total. The number of hydrogen-bond donors (Lipinski definition) is 2. The molecule has 0 aromatic carbocycles. The third-order valence-electron chi connectivity index (χ3n) is 3.15. The summed E-state index contributed by atoms with van der Waals surface area (Å²) in [4.78, 5) is 4.62. The molecule has 2 aromatic heterocycles. The van der Waals surface area contributed by atoms with Crippen LogP contribution in [-0.2, 0) is 13.6 Å². The molecule has 0 amide bonds. The van der Waals surface area contributed by atoms with Crippen LogP contribution in [0.2, 0.25) is 0 Å². The van der Waals surface area contributed by atoms with E-state index < -0.39 is 0 Å². The second-order valence-electron chi connectivity index (χ2n) is 4.42. The van der Waals surface area contributed by atoms with Crippen LogP contribution in [0.1, 0.15) is 22.5 Å². The Morgan fingerprint density at radius 1 is 1.47 bits per heavy atom. The minimum atomic E-state index is 0.374. The first-order valence-electron chi connectivity index (χ1n) is 5.98. The van der Waals surface area contributed by atoms with Crippen molar-refractivity contribution in [3.05, 3.63) is 40.8 Å². The van der Waals surface area contributed by atoms with Gasteiger partial charge in [0, 0.05) is 36.6 Å². The van der Waals surface area contributed by atoms with Crippen molar-refractivity contribution in [1.29, 1.82) is 0 Å². The van der Waals surface area contributed by atoms with Gasteiger partial charge in [-0.2, -0.15) is 5.10 Å². The highest BCUT2D eigenvalue weighted by molar-refractivity contribution is 7.80. The zero-order valence-corrected chi connectivity index (χ0v) is 12.1. The summed E-state index contributed by atoms with van der Waals surface area (Å²) in [5.41, 5.74) is 9.78. The van der Waals surface area contributed by atoms with E-state index in [1.807, 2.05) is 24.7 Å². The molecule has 0 spiro atoms. The molecule has 0 fully saturated rings. The van der Waals surface area contributed by atoms with E-state index in [1.165, 1.54) is 5.56 Å². The van der Waals surface area contributed by atoms with Crippen molar-refractivity contribution in [1.82, 2.24) is 14.8 Å². The highest BCUT2D eigenvalue weighted by Gasteiger charge is 2.09. The minimum absolute atomic E-state index is 0.374. The van der Waals surface area contributed by atoms with Crippen LogP contribution in [0.4, 0.5) is 5.82 Å². The lowest BCUT2D eigenvalue weighted by Gasteiger charge is -2.07. The largest absolute Gasteiger partial charge is 0.389 e. The first-order valence-corrected chi connectivity index (χ1v) is 6.38. The summed E-state index contributed by atoms with van der Waals surface area (Å²) in [5, 5.41) is 7.66. The summed E-state index contributed by atoms with van der Waals surface area (Å²) in [6, 6.07) is 3.65. The van der Waals surface area contributed by atoms with Crippen LogP contribution in [0.25, 0.3) is 0 Å². The van der Waals surface area contributed by atoms with E-state index >= 15 is 0 Å². The number of thiocarbonyl (C=S) groups is 1. The van der Waals surface area contributed by atoms with Gasteiger partial charge in [0.1, 0.15) is 10.8 Å². The molecule has 0 saturated heterocycles. The lowest BCUT2D eigenvalue weighted by Crippen LogP contribution is -2.11. The highest BCUT2D eigenvalue weighted by Crippen LogP contribution is 2.14. The van der Waals surface area contributed by atoms with Gasteiger partial charge in [0.25, 0.3) is 0 Å². The lowest BCUT2D eigenvalue weighted by molar-refractivity contribution is 0.730. The Morgan fingerprint density at radius 2 is 2.21 bits per heavy atom. The second-order valence-corrected chi connectivity index (χ2v) is 4.86. The van der Waals surface area contributed by atoms with Gasteiger partial charge in [0.15, 0.2) is 0 Å². The topological polar surface area (TPSA) is 68.8 Å². The van der Waals surface area contributed by atoms with E-state index in [2.05, 4.69) is 22.3 Å². The molecule has 0 aliphatic rings. The molecule has 0 bridgehead atoms. The van der Waals surface area contributed by atoms with Crippen LogP contribution in [0.3, 0.4) is 0 Å². The Labute approximate surface area is 117 Å². The normalized spacial score (nSPS) is 10.5. The molecule has 6 heteroatoms. The zero-order valence-electron chi connectivity index (χ0n) is 11.3. The first kappa shape index (κ1) is 13.5. The summed E-state index contributed by atoms with van der Waals surface area (Å²) in [6.07, 6.45) is 1.69. The number of pyridine rings is 1. The maximum atomic E-state index is 5.60. The Hall–Kier alpha value is -1.95. The van der Waals surface area contributed by atoms with Crippen LogP contribution in [0.15, 0.2) is 18.3 Å². The zero-order chi connectivity index (χ0) is 14.0. The number of nitrogens with zero attached hydrogens (tertiary/aromatic N) is 3. The van der Waals surface area contributed by atoms with Crippen molar-refractivity contribution in [3.63, 3.8) is 0 Å². The van der Waals surface area contributed by atoms with Crippen LogP contribution in [0.5, 0.6) is 0 Å². The fraction of sp³-hybridized carbons (Fsp3) is 0.308. The van der Waals surface area contributed by atoms with Crippen molar-refractivity contribution in [2.75, 3.05) is 5.32 Å². The van der Waals surface area contributed by atoms with E-state index in [4.69, 9.17) is 18.0 Å². The molecule has 0 saturated carbocycles. The predicted molar refractivity (Wildman–Crippen MR) is 80.1 cm³/mol. The smallest absolute Gasteiger partial charge is 0.126 e. The number of hydrogen-bond acceptors (Lipinski definition) is 4. The fourth-order valence-corrected chi connectivity index (χ4v) is 2.06. The molecular formula is C13H17N5S. The predicted octanol–water partition coefficient (Wildman–Crippen LogP) is 1.68. The SMILES string of the molecule is Cc1nn(C)c(C)c1CNc1cc(C(N)=S)ccn1. The van der Waals surface area contributed by atoms with Crippen LogP contribution >= 0.6 is 12.2 Å². The van der Waals surface area contributed by atoms with E-state index in [-0.39, 0.29) is 0 Å². The standard InChI is InChI=1S/C13H17N5S/c1-8-11(9(2)18(3)17-8)7-16-12-6-10(13(14)19)4-5-15-12/h4-6H,7H2,1-3H3,(H2,14,19)(H,15,16). The number of aryl methyl sites for hydroxylation is 2. The highest BCUT2D eigenvalue weighted by atomic mass is 32.1. The van der Waals surface area contributed by atoms with Gasteiger partial charge in [0.2, 0.25) is 0 Å². The molecule has 0 aliphatic heterocycles. The molecule has 2 aromatic rings. The van der Waals surface area contributed by atoms with Gasteiger partial charge in [-0.05, 0) is 26.0 Å². The Balaban J connectivity index is 2.14. The van der Waals surface area contributed by atoms with Gasteiger partial charge in [-0.3, -0.25) is 4.68 Å². The van der Waals surface area contributed by atoms with E-state index in [9.17, 15) is 0 Å². The van der Waals surface area contributed by atoms with Gasteiger partial charge in [0.05, 0.1) is 5.69 Å². The number of rotatable bonds is 4. The van der Waals surface area contributed by atoms with Crippen molar-refractivity contribution >= 4 is 23.0 Å². The average Bonchev–Trinajstić information content (AvgIpc) is 2.61. The van der Waals surface area contributed by atoms with Crippen molar-refractivity contribution in [3.8, 4) is 0 Å². The van der Waals surface area contributed by atoms with Crippen molar-refractivity contribution in [2.24, 2.45) is 12.8 Å². The van der Waals surface area contributed by atoms with Crippen LogP contribution in [0, 0.1) is 13.8 Å². The minimum Gasteiger partial charge on any atom is -0.389 e. The molecule has 2 heterocycles. The van der Waals surface area contributed by atoms with Crippen LogP contribution in [-0.4, -0.2) is 19.8 Å². The summed E-state index contributed by atoms with van der Waals surface area (Å²) in [5.74, 6) is 0.757. The average molecular weight is 275 g/mol. The molecule has 0 radical (unpaired) electrons. The Bertz CT molecular complexity index is 617. The van der Waals surface area contributed by atoms with E-state index in [0.29, 0.717) is 11.5 Å². The molecular weight excluding hydrogens is 258 g/mol. The van der Waals surface area contributed by atoms with Crippen molar-refractivity contribution in [2.45, 2.75) is 20.4 Å². The number of nitrogens with one attached hydrogen (secondary N) is 1. The molecule has 0 unspecified atom stereocenters. The van der Waals surface area contributed by atoms with Gasteiger partial charge in [-0.1, -0.05) is 12.2 Å². The summed E-state index contributed by atoms with van der Waals surface area (Å²) < 4.78 is 1.88.